The number of ether oxygens (including phenoxy) is 2. The van der Waals surface area contributed by atoms with Gasteiger partial charge in [0.05, 0.1) is 14.2 Å². The first-order chi connectivity index (χ1) is 15.5. The summed E-state index contributed by atoms with van der Waals surface area (Å²) in [6.45, 7) is 5.10. The van der Waals surface area contributed by atoms with Crippen molar-refractivity contribution in [1.82, 2.24) is 20.4 Å². The molecule has 9 heteroatoms. The van der Waals surface area contributed by atoms with Gasteiger partial charge in [-0.2, -0.15) is 0 Å². The lowest BCUT2D eigenvalue weighted by molar-refractivity contribution is -0.127. The van der Waals surface area contributed by atoms with Crippen LogP contribution in [0.25, 0.3) is 0 Å². The minimum atomic E-state index is -0.655. The molecule has 2 N–H and O–H groups in total. The van der Waals surface area contributed by atoms with Gasteiger partial charge in [-0.25, -0.2) is 4.79 Å². The largest absolute Gasteiger partial charge is 0.493 e. The van der Waals surface area contributed by atoms with Crippen molar-refractivity contribution in [2.75, 3.05) is 40.4 Å². The van der Waals surface area contributed by atoms with Gasteiger partial charge >= 0.3 is 6.03 Å². The summed E-state index contributed by atoms with van der Waals surface area (Å²) < 4.78 is 10.5. The number of benzene rings is 1. The van der Waals surface area contributed by atoms with Gasteiger partial charge in [-0.05, 0) is 56.5 Å². The highest BCUT2D eigenvalue weighted by Gasteiger charge is 2.37. The molecule has 2 heterocycles. The summed E-state index contributed by atoms with van der Waals surface area (Å²) in [5, 5.41) is 5.68. The highest BCUT2D eigenvalue weighted by atomic mass is 16.5. The number of hydrogen-bond acceptors (Lipinski definition) is 6. The zero-order valence-electron chi connectivity index (χ0n) is 19.2. The molecular weight excluding hydrogens is 412 g/mol. The van der Waals surface area contributed by atoms with Gasteiger partial charge in [-0.1, -0.05) is 13.0 Å². The minimum absolute atomic E-state index is 0.0845. The van der Waals surface area contributed by atoms with Gasteiger partial charge in [0.2, 0.25) is 5.91 Å². The molecule has 176 valence electrons. The molecule has 0 unspecified atom stereocenters. The maximum Gasteiger partial charge on any atom is 0.324 e. The van der Waals surface area contributed by atoms with E-state index in [0.717, 1.165) is 31.5 Å². The number of methoxy groups -OCH3 is 2. The highest BCUT2D eigenvalue weighted by molar-refractivity contribution is 6.04. The molecule has 4 amide bonds. The van der Waals surface area contributed by atoms with Crippen molar-refractivity contribution in [3.8, 4) is 11.5 Å². The zero-order valence-corrected chi connectivity index (χ0v) is 19.2. The van der Waals surface area contributed by atoms with Crippen LogP contribution < -0.4 is 20.1 Å². The van der Waals surface area contributed by atoms with Gasteiger partial charge in [0, 0.05) is 25.6 Å². The number of likely N-dealkylation sites (tertiary alicyclic amines) is 1. The number of carbonyl (C=O) groups excluding carboxylic acids is 3. The lowest BCUT2D eigenvalue weighted by Gasteiger charge is -2.22. The first kappa shape index (κ1) is 23.8. The maximum absolute atomic E-state index is 12.7. The predicted molar refractivity (Wildman–Crippen MR) is 120 cm³/mol. The first-order valence-electron chi connectivity index (χ1n) is 11.3. The van der Waals surface area contributed by atoms with Crippen LogP contribution in [0.1, 0.15) is 38.2 Å². The summed E-state index contributed by atoms with van der Waals surface area (Å²) in [5.74, 6) is 0.862. The van der Waals surface area contributed by atoms with Gasteiger partial charge < -0.3 is 20.1 Å². The van der Waals surface area contributed by atoms with Crippen molar-refractivity contribution in [2.24, 2.45) is 0 Å². The Kier molecular flexibility index (Phi) is 8.33. The topological polar surface area (TPSA) is 100 Å². The van der Waals surface area contributed by atoms with Crippen molar-refractivity contribution in [2.45, 2.75) is 51.1 Å². The second-order valence-corrected chi connectivity index (χ2v) is 8.20. The molecule has 0 radical (unpaired) electrons. The molecule has 2 aliphatic heterocycles. The van der Waals surface area contributed by atoms with E-state index in [1.807, 2.05) is 12.1 Å². The van der Waals surface area contributed by atoms with E-state index in [-0.39, 0.29) is 24.8 Å². The predicted octanol–water partition coefficient (Wildman–Crippen LogP) is 1.55. The molecule has 0 bridgehead atoms. The van der Waals surface area contributed by atoms with Crippen LogP contribution in [0.2, 0.25) is 0 Å². The fourth-order valence-corrected chi connectivity index (χ4v) is 4.40. The number of nitrogens with one attached hydrogen (secondary N) is 2. The standard InChI is InChI=1S/C23H34N4O5/c1-4-26-12-5-6-17(26)15-24-21(28)10-8-18-22(29)27(23(30)25-18)13-11-16-7-9-19(31-2)20(14-16)32-3/h7,9,14,17-18H,4-6,8,10-13,15H2,1-3H3,(H,24,28)(H,25,30)/t17-,18+/m0/s1. The number of urea groups is 1. The van der Waals surface area contributed by atoms with Gasteiger partial charge in [0.25, 0.3) is 5.91 Å². The summed E-state index contributed by atoms with van der Waals surface area (Å²) >= 11 is 0. The lowest BCUT2D eigenvalue weighted by atomic mass is 10.1. The van der Waals surface area contributed by atoms with Crippen molar-refractivity contribution in [3.63, 3.8) is 0 Å². The average Bonchev–Trinajstić information content (AvgIpc) is 3.37. The Balaban J connectivity index is 1.44. The smallest absolute Gasteiger partial charge is 0.324 e. The normalized spacial score (nSPS) is 21.0. The fourth-order valence-electron chi connectivity index (χ4n) is 4.40. The van der Waals surface area contributed by atoms with Crippen LogP contribution in [0.4, 0.5) is 4.79 Å². The molecule has 0 spiro atoms. The molecule has 0 aromatic heterocycles. The lowest BCUT2D eigenvalue weighted by Crippen LogP contribution is -2.40. The second-order valence-electron chi connectivity index (χ2n) is 8.20. The van der Waals surface area contributed by atoms with Gasteiger partial charge in [0.1, 0.15) is 6.04 Å². The molecule has 2 atom stereocenters. The number of imide groups is 1. The third-order valence-corrected chi connectivity index (χ3v) is 6.28. The Morgan fingerprint density at radius 2 is 2.00 bits per heavy atom. The number of hydrogen-bond donors (Lipinski definition) is 2. The zero-order chi connectivity index (χ0) is 23.1. The van der Waals surface area contributed by atoms with Crippen LogP contribution in [0.3, 0.4) is 0 Å². The maximum atomic E-state index is 12.7. The molecule has 2 aliphatic rings. The third kappa shape index (κ3) is 5.70. The Morgan fingerprint density at radius 3 is 2.72 bits per heavy atom. The monoisotopic (exact) mass is 446 g/mol. The molecule has 2 fully saturated rings. The number of nitrogens with zero attached hydrogens (tertiary/aromatic N) is 2. The summed E-state index contributed by atoms with van der Waals surface area (Å²) in [6, 6.07) is 4.84. The van der Waals surface area contributed by atoms with E-state index in [1.54, 1.807) is 20.3 Å². The van der Waals surface area contributed by atoms with E-state index in [4.69, 9.17) is 9.47 Å². The number of likely N-dealkylation sites (N-methyl/N-ethyl adjacent to an activating group) is 1. The molecule has 0 aliphatic carbocycles. The Hall–Kier alpha value is -2.81. The van der Waals surface area contributed by atoms with E-state index in [9.17, 15) is 14.4 Å². The van der Waals surface area contributed by atoms with Crippen LogP contribution in [0.15, 0.2) is 18.2 Å². The summed E-state index contributed by atoms with van der Waals surface area (Å²) in [5.41, 5.74) is 0.930. The van der Waals surface area contributed by atoms with Gasteiger partial charge in [-0.3, -0.25) is 19.4 Å². The van der Waals surface area contributed by atoms with Crippen LogP contribution in [-0.4, -0.2) is 80.1 Å². The molecule has 9 nitrogen and oxygen atoms in total. The van der Waals surface area contributed by atoms with E-state index in [1.165, 1.54) is 4.90 Å². The molecule has 1 aromatic carbocycles. The van der Waals surface area contributed by atoms with E-state index in [0.29, 0.717) is 36.9 Å². The molecule has 1 aromatic rings. The van der Waals surface area contributed by atoms with Crippen LogP contribution >= 0.6 is 0 Å². The third-order valence-electron chi connectivity index (χ3n) is 6.28. The SMILES string of the molecule is CCN1CCC[C@H]1CNC(=O)CC[C@H]1NC(=O)N(CCc2ccc(OC)c(OC)c2)C1=O. The van der Waals surface area contributed by atoms with Crippen molar-refractivity contribution >= 4 is 17.8 Å². The Labute approximate surface area is 189 Å². The summed E-state index contributed by atoms with van der Waals surface area (Å²) in [6.07, 6.45) is 3.27. The molecule has 3 rings (SSSR count). The van der Waals surface area contributed by atoms with E-state index >= 15 is 0 Å². The van der Waals surface area contributed by atoms with Gasteiger partial charge in [-0.15, -0.1) is 0 Å². The Bertz CT molecular complexity index is 831. The molecule has 32 heavy (non-hydrogen) atoms. The van der Waals surface area contributed by atoms with Crippen molar-refractivity contribution in [3.05, 3.63) is 23.8 Å². The van der Waals surface area contributed by atoms with Crippen LogP contribution in [0, 0.1) is 0 Å². The average molecular weight is 447 g/mol. The van der Waals surface area contributed by atoms with Gasteiger partial charge in [0.15, 0.2) is 11.5 Å². The minimum Gasteiger partial charge on any atom is -0.493 e. The Morgan fingerprint density at radius 1 is 1.22 bits per heavy atom. The number of amides is 4. The molecule has 0 saturated carbocycles. The highest BCUT2D eigenvalue weighted by Crippen LogP contribution is 2.28. The van der Waals surface area contributed by atoms with Crippen LogP contribution in [-0.2, 0) is 16.0 Å². The quantitative estimate of drug-likeness (QED) is 0.500. The fraction of sp³-hybridized carbons (Fsp3) is 0.609. The molecular formula is C23H34N4O5. The first-order valence-corrected chi connectivity index (χ1v) is 11.3. The van der Waals surface area contributed by atoms with E-state index < -0.39 is 12.1 Å². The molecule has 2 saturated heterocycles. The number of rotatable bonds is 11. The number of carbonyl (C=O) groups is 3. The summed E-state index contributed by atoms with van der Waals surface area (Å²) in [7, 11) is 3.13. The van der Waals surface area contributed by atoms with Crippen molar-refractivity contribution in [1.29, 1.82) is 0 Å². The summed E-state index contributed by atoms with van der Waals surface area (Å²) in [4.78, 5) is 40.8. The second kappa shape index (κ2) is 11.2. The van der Waals surface area contributed by atoms with Crippen molar-refractivity contribution < 1.29 is 23.9 Å². The van der Waals surface area contributed by atoms with Crippen LogP contribution in [0.5, 0.6) is 11.5 Å². The van der Waals surface area contributed by atoms with E-state index in [2.05, 4.69) is 22.5 Å².